The summed E-state index contributed by atoms with van der Waals surface area (Å²) in [6.45, 7) is 6.95. The fourth-order valence-electron chi connectivity index (χ4n) is 3.87. The van der Waals surface area contributed by atoms with Gasteiger partial charge in [0.2, 0.25) is 0 Å². The van der Waals surface area contributed by atoms with Gasteiger partial charge in [-0.3, -0.25) is 4.90 Å². The zero-order valence-corrected chi connectivity index (χ0v) is 20.0. The Morgan fingerprint density at radius 3 is 2.27 bits per heavy atom. The molecule has 0 aliphatic carbocycles. The van der Waals surface area contributed by atoms with Crippen molar-refractivity contribution in [3.05, 3.63) is 83.9 Å². The maximum atomic E-state index is 10.7. The van der Waals surface area contributed by atoms with Gasteiger partial charge in [-0.2, -0.15) is 0 Å². The first-order valence-electron chi connectivity index (χ1n) is 11.4. The Balaban J connectivity index is 1.66. The van der Waals surface area contributed by atoms with Crippen LogP contribution in [0.15, 0.2) is 72.8 Å². The summed E-state index contributed by atoms with van der Waals surface area (Å²) >= 11 is 0. The minimum absolute atomic E-state index is 0.520. The molecule has 0 aromatic heterocycles. The van der Waals surface area contributed by atoms with Crippen molar-refractivity contribution in [1.82, 2.24) is 4.90 Å². The zero-order chi connectivity index (χ0) is 23.6. The summed E-state index contributed by atoms with van der Waals surface area (Å²) in [5, 5.41) is 10.7. The molecule has 33 heavy (non-hydrogen) atoms. The Hall–Kier alpha value is -3.02. The van der Waals surface area contributed by atoms with Crippen molar-refractivity contribution in [2.45, 2.75) is 32.9 Å². The number of aliphatic hydroxyl groups excluding tert-OH is 1. The average Bonchev–Trinajstić information content (AvgIpc) is 2.82. The molecule has 0 saturated carbocycles. The molecule has 0 bridgehead atoms. The molecule has 1 unspecified atom stereocenters. The van der Waals surface area contributed by atoms with Gasteiger partial charge in [-0.05, 0) is 59.9 Å². The van der Waals surface area contributed by atoms with Crippen LogP contribution in [-0.2, 0) is 6.54 Å². The summed E-state index contributed by atoms with van der Waals surface area (Å²) in [5.74, 6) is 3.45. The lowest BCUT2D eigenvalue weighted by Crippen LogP contribution is -2.29. The molecule has 0 saturated heterocycles. The zero-order valence-electron chi connectivity index (χ0n) is 20.0. The molecule has 1 atom stereocenters. The van der Waals surface area contributed by atoms with Gasteiger partial charge in [-0.1, -0.05) is 50.2 Å². The smallest absolute Gasteiger partial charge is 0.169 e. The Labute approximate surface area is 197 Å². The van der Waals surface area contributed by atoms with Gasteiger partial charge in [0.15, 0.2) is 11.5 Å². The van der Waals surface area contributed by atoms with Crippen LogP contribution in [-0.4, -0.2) is 37.3 Å². The fourth-order valence-corrected chi connectivity index (χ4v) is 3.87. The van der Waals surface area contributed by atoms with E-state index in [1.807, 2.05) is 60.7 Å². The lowest BCUT2D eigenvalue weighted by molar-refractivity contribution is 0.134. The number of nitrogens with zero attached hydrogens (tertiary/aromatic N) is 1. The highest BCUT2D eigenvalue weighted by Gasteiger charge is 2.14. The van der Waals surface area contributed by atoms with Crippen molar-refractivity contribution in [1.29, 1.82) is 0 Å². The van der Waals surface area contributed by atoms with Gasteiger partial charge in [0.05, 0.1) is 20.3 Å². The van der Waals surface area contributed by atoms with Crippen LogP contribution in [0.25, 0.3) is 0 Å². The van der Waals surface area contributed by atoms with E-state index in [1.54, 1.807) is 14.2 Å². The second-order valence-electron chi connectivity index (χ2n) is 8.61. The molecule has 0 fully saturated rings. The molecule has 0 spiro atoms. The molecule has 176 valence electrons. The number of rotatable bonds is 12. The van der Waals surface area contributed by atoms with Crippen molar-refractivity contribution in [2.75, 3.05) is 27.3 Å². The first-order valence-corrected chi connectivity index (χ1v) is 11.4. The predicted molar refractivity (Wildman–Crippen MR) is 132 cm³/mol. The van der Waals surface area contributed by atoms with E-state index in [0.717, 1.165) is 36.7 Å². The Morgan fingerprint density at radius 2 is 1.55 bits per heavy atom. The summed E-state index contributed by atoms with van der Waals surface area (Å²) in [5.41, 5.74) is 2.05. The third-order valence-corrected chi connectivity index (χ3v) is 5.42. The van der Waals surface area contributed by atoms with Crippen molar-refractivity contribution < 1.29 is 19.3 Å². The van der Waals surface area contributed by atoms with E-state index < -0.39 is 6.10 Å². The van der Waals surface area contributed by atoms with Crippen LogP contribution in [0.2, 0.25) is 0 Å². The quantitative estimate of drug-likeness (QED) is 0.363. The topological polar surface area (TPSA) is 51.2 Å². The van der Waals surface area contributed by atoms with Gasteiger partial charge in [-0.25, -0.2) is 0 Å². The number of hydrogen-bond acceptors (Lipinski definition) is 5. The minimum atomic E-state index is -0.532. The number of ether oxygens (including phenoxy) is 3. The molecular weight excluding hydrogens is 414 g/mol. The van der Waals surface area contributed by atoms with Crippen molar-refractivity contribution >= 4 is 0 Å². The molecule has 0 heterocycles. The summed E-state index contributed by atoms with van der Waals surface area (Å²) < 4.78 is 16.8. The maximum Gasteiger partial charge on any atom is 0.169 e. The van der Waals surface area contributed by atoms with Crippen molar-refractivity contribution in [2.24, 2.45) is 5.92 Å². The minimum Gasteiger partial charge on any atom is -0.497 e. The molecule has 0 aliphatic heterocycles. The van der Waals surface area contributed by atoms with E-state index in [1.165, 1.54) is 5.56 Å². The summed E-state index contributed by atoms with van der Waals surface area (Å²) in [6, 6.07) is 23.4. The second kappa shape index (κ2) is 12.3. The van der Waals surface area contributed by atoms with E-state index in [9.17, 15) is 5.11 Å². The van der Waals surface area contributed by atoms with Crippen LogP contribution in [0.4, 0.5) is 0 Å². The molecule has 5 nitrogen and oxygen atoms in total. The van der Waals surface area contributed by atoms with Crippen LogP contribution in [0.1, 0.15) is 37.5 Å². The van der Waals surface area contributed by atoms with E-state index in [-0.39, 0.29) is 0 Å². The summed E-state index contributed by atoms with van der Waals surface area (Å²) in [7, 11) is 3.28. The average molecular weight is 450 g/mol. The van der Waals surface area contributed by atoms with Gasteiger partial charge < -0.3 is 19.3 Å². The number of methoxy groups -OCH3 is 2. The van der Waals surface area contributed by atoms with Crippen LogP contribution in [0.3, 0.4) is 0 Å². The van der Waals surface area contributed by atoms with Crippen LogP contribution in [0, 0.1) is 5.92 Å². The fraction of sp³-hybridized carbons (Fsp3) is 0.357. The largest absolute Gasteiger partial charge is 0.497 e. The first-order chi connectivity index (χ1) is 16.0. The van der Waals surface area contributed by atoms with E-state index in [2.05, 4.69) is 30.9 Å². The monoisotopic (exact) mass is 449 g/mol. The lowest BCUT2D eigenvalue weighted by Gasteiger charge is -2.26. The summed E-state index contributed by atoms with van der Waals surface area (Å²) in [4.78, 5) is 2.39. The normalized spacial score (nSPS) is 12.1. The SMILES string of the molecule is COc1cccc(C(O)CCN(Cc2cccc(Oc3ccccc3OC)c2)CC(C)C)c1. The van der Waals surface area contributed by atoms with Crippen LogP contribution >= 0.6 is 0 Å². The van der Waals surface area contributed by atoms with E-state index in [4.69, 9.17) is 14.2 Å². The Bertz CT molecular complexity index is 1000. The summed E-state index contributed by atoms with van der Waals surface area (Å²) in [6.07, 6.45) is 0.118. The first kappa shape index (κ1) is 24.6. The van der Waals surface area contributed by atoms with E-state index >= 15 is 0 Å². The molecular formula is C28H35NO4. The molecule has 0 amide bonds. The molecule has 3 aromatic carbocycles. The second-order valence-corrected chi connectivity index (χ2v) is 8.61. The number of aliphatic hydroxyl groups is 1. The lowest BCUT2D eigenvalue weighted by atomic mass is 10.1. The van der Waals surface area contributed by atoms with Gasteiger partial charge in [0.1, 0.15) is 11.5 Å². The maximum absolute atomic E-state index is 10.7. The molecule has 3 rings (SSSR count). The highest BCUT2D eigenvalue weighted by molar-refractivity contribution is 5.43. The van der Waals surface area contributed by atoms with Gasteiger partial charge in [-0.15, -0.1) is 0 Å². The van der Waals surface area contributed by atoms with Gasteiger partial charge in [0, 0.05) is 19.6 Å². The highest BCUT2D eigenvalue weighted by Crippen LogP contribution is 2.31. The number of benzene rings is 3. The van der Waals surface area contributed by atoms with Gasteiger partial charge in [0.25, 0.3) is 0 Å². The third kappa shape index (κ3) is 7.52. The number of para-hydroxylation sites is 2. The molecule has 3 aromatic rings. The van der Waals surface area contributed by atoms with Gasteiger partial charge >= 0.3 is 0 Å². The predicted octanol–water partition coefficient (Wildman–Crippen LogP) is 6.08. The standard InChI is InChI=1S/C28H35NO4/c1-21(2)19-29(16-15-26(30)23-10-8-11-24(18-23)31-3)20-22-9-7-12-25(17-22)33-28-14-6-5-13-27(28)32-4/h5-14,17-18,21,26,30H,15-16,19-20H2,1-4H3. The van der Waals surface area contributed by atoms with Crippen LogP contribution < -0.4 is 14.2 Å². The molecule has 0 radical (unpaired) electrons. The highest BCUT2D eigenvalue weighted by atomic mass is 16.5. The molecule has 1 N–H and O–H groups in total. The number of hydrogen-bond donors (Lipinski definition) is 1. The van der Waals surface area contributed by atoms with E-state index in [0.29, 0.717) is 23.8 Å². The molecule has 0 aliphatic rings. The Kier molecular flexibility index (Phi) is 9.16. The third-order valence-electron chi connectivity index (χ3n) is 5.42. The Morgan fingerprint density at radius 1 is 0.818 bits per heavy atom. The van der Waals surface area contributed by atoms with Crippen molar-refractivity contribution in [3.8, 4) is 23.0 Å². The molecule has 5 heteroatoms. The van der Waals surface area contributed by atoms with Crippen LogP contribution in [0.5, 0.6) is 23.0 Å². The van der Waals surface area contributed by atoms with Crippen molar-refractivity contribution in [3.63, 3.8) is 0 Å².